The second-order valence-corrected chi connectivity index (χ2v) is 8.73. The second-order valence-electron chi connectivity index (χ2n) is 8.73. The average Bonchev–Trinajstić information content (AvgIpc) is 3.55. The number of ether oxygens (including phenoxy) is 1. The number of nitrogen functional groups attached to an aromatic ring is 1. The fraction of sp³-hybridized carbons (Fsp3) is 0.192. The summed E-state index contributed by atoms with van der Waals surface area (Å²) in [5.74, 6) is -0.123. The lowest BCUT2D eigenvalue weighted by Crippen LogP contribution is -2.21. The van der Waals surface area contributed by atoms with Gasteiger partial charge in [-0.3, -0.25) is 14.5 Å². The predicted molar refractivity (Wildman–Crippen MR) is 135 cm³/mol. The summed E-state index contributed by atoms with van der Waals surface area (Å²) in [5, 5.41) is 9.14. The van der Waals surface area contributed by atoms with E-state index in [4.69, 9.17) is 16.2 Å². The molecule has 0 unspecified atom stereocenters. The van der Waals surface area contributed by atoms with E-state index in [-0.39, 0.29) is 6.04 Å². The van der Waals surface area contributed by atoms with Crippen LogP contribution >= 0.6 is 0 Å². The molecule has 0 atom stereocenters. The summed E-state index contributed by atoms with van der Waals surface area (Å²) in [6, 6.07) is 13.4. The van der Waals surface area contributed by atoms with Crippen molar-refractivity contribution in [2.24, 2.45) is 5.73 Å². The number of pyridine rings is 1. The molecular weight excluding hydrogens is 456 g/mol. The van der Waals surface area contributed by atoms with E-state index in [9.17, 15) is 4.79 Å². The summed E-state index contributed by atoms with van der Waals surface area (Å²) in [6.45, 7) is 1.42. The van der Waals surface area contributed by atoms with Gasteiger partial charge in [-0.05, 0) is 42.7 Å². The standard InChI is InChI=1S/C26H24N8O2/c27-25-24-21(22-5-8-31-33(22)18-6-9-36-10-7-18)12-23(34(24)32-15-30-25)17-11-16(13-29-14-17)19-3-1-2-4-20(19)26(28)35/h1-5,8,11-15,18H,6-7,9-10H2,(H2,28,35)(H2,27,30,32). The van der Waals surface area contributed by atoms with Crippen LogP contribution < -0.4 is 11.5 Å². The van der Waals surface area contributed by atoms with E-state index in [0.717, 1.165) is 40.9 Å². The molecule has 4 N–H and O–H groups in total. The maximum absolute atomic E-state index is 12.0. The van der Waals surface area contributed by atoms with Gasteiger partial charge in [0, 0.05) is 54.1 Å². The minimum absolute atomic E-state index is 0.239. The number of aromatic nitrogens is 6. The van der Waals surface area contributed by atoms with Gasteiger partial charge < -0.3 is 16.2 Å². The molecule has 10 heteroatoms. The highest BCUT2D eigenvalue weighted by atomic mass is 16.5. The van der Waals surface area contributed by atoms with Crippen molar-refractivity contribution in [3.63, 3.8) is 0 Å². The topological polar surface area (TPSA) is 139 Å². The van der Waals surface area contributed by atoms with Crippen LogP contribution in [0.4, 0.5) is 5.82 Å². The zero-order valence-electron chi connectivity index (χ0n) is 19.4. The van der Waals surface area contributed by atoms with E-state index in [2.05, 4.69) is 20.2 Å². The number of primary amides is 1. The number of nitrogens with zero attached hydrogens (tertiary/aromatic N) is 6. The van der Waals surface area contributed by atoms with Crippen molar-refractivity contribution in [3.8, 4) is 33.6 Å². The van der Waals surface area contributed by atoms with Crippen molar-refractivity contribution >= 4 is 17.2 Å². The van der Waals surface area contributed by atoms with E-state index >= 15 is 0 Å². The van der Waals surface area contributed by atoms with Crippen molar-refractivity contribution in [3.05, 3.63) is 72.9 Å². The van der Waals surface area contributed by atoms with Crippen molar-refractivity contribution in [2.75, 3.05) is 18.9 Å². The third kappa shape index (κ3) is 3.68. The molecule has 0 bridgehead atoms. The molecule has 0 spiro atoms. The van der Waals surface area contributed by atoms with Crippen LogP contribution in [0.1, 0.15) is 29.2 Å². The number of rotatable bonds is 5. The summed E-state index contributed by atoms with van der Waals surface area (Å²) < 4.78 is 9.37. The van der Waals surface area contributed by atoms with Gasteiger partial charge in [-0.15, -0.1) is 0 Å². The fourth-order valence-electron chi connectivity index (χ4n) is 4.89. The maximum Gasteiger partial charge on any atom is 0.249 e. The number of benzene rings is 1. The molecule has 5 heterocycles. The van der Waals surface area contributed by atoms with Crippen LogP contribution in [-0.2, 0) is 4.74 Å². The summed E-state index contributed by atoms with van der Waals surface area (Å²) in [5.41, 5.74) is 18.0. The third-order valence-electron chi connectivity index (χ3n) is 6.60. The van der Waals surface area contributed by atoms with Crippen LogP contribution in [0.15, 0.2) is 67.4 Å². The maximum atomic E-state index is 12.0. The van der Waals surface area contributed by atoms with E-state index in [1.54, 1.807) is 35.2 Å². The highest BCUT2D eigenvalue weighted by Gasteiger charge is 2.24. The van der Waals surface area contributed by atoms with Crippen LogP contribution in [-0.4, -0.2) is 48.5 Å². The Bertz CT molecular complexity index is 1580. The Morgan fingerprint density at radius 1 is 0.972 bits per heavy atom. The Balaban J connectivity index is 1.52. The van der Waals surface area contributed by atoms with E-state index in [1.165, 1.54) is 6.33 Å². The lowest BCUT2D eigenvalue weighted by Gasteiger charge is -2.24. The van der Waals surface area contributed by atoms with Gasteiger partial charge in [0.05, 0.1) is 17.4 Å². The van der Waals surface area contributed by atoms with Crippen LogP contribution in [0.3, 0.4) is 0 Å². The summed E-state index contributed by atoms with van der Waals surface area (Å²) in [4.78, 5) is 20.7. The Hall–Kier alpha value is -4.57. The Kier molecular flexibility index (Phi) is 5.42. The molecule has 1 aliphatic rings. The Morgan fingerprint density at radius 2 is 1.78 bits per heavy atom. The molecule has 180 valence electrons. The number of carbonyl (C=O) groups excluding carboxylic acids is 1. The molecule has 1 amide bonds. The summed E-state index contributed by atoms with van der Waals surface area (Å²) >= 11 is 0. The van der Waals surface area contributed by atoms with E-state index in [0.29, 0.717) is 35.7 Å². The van der Waals surface area contributed by atoms with Gasteiger partial charge in [-0.25, -0.2) is 9.50 Å². The lowest BCUT2D eigenvalue weighted by molar-refractivity contribution is 0.0667. The zero-order valence-corrected chi connectivity index (χ0v) is 19.4. The number of nitrogens with two attached hydrogens (primary N) is 2. The Morgan fingerprint density at radius 3 is 2.61 bits per heavy atom. The molecular formula is C26H24N8O2. The SMILES string of the molecule is NC(=O)c1ccccc1-c1cncc(-c2cc(-c3ccnn3C3CCOCC3)c3c(N)ncnn23)c1. The first-order valence-electron chi connectivity index (χ1n) is 11.7. The first kappa shape index (κ1) is 21.9. The number of anilines is 1. The average molecular weight is 481 g/mol. The van der Waals surface area contributed by atoms with Crippen molar-refractivity contribution in [1.29, 1.82) is 0 Å². The summed E-state index contributed by atoms with van der Waals surface area (Å²) in [7, 11) is 0. The van der Waals surface area contributed by atoms with E-state index < -0.39 is 5.91 Å². The molecule has 4 aromatic heterocycles. The molecule has 36 heavy (non-hydrogen) atoms. The van der Waals surface area contributed by atoms with Crippen molar-refractivity contribution in [2.45, 2.75) is 18.9 Å². The van der Waals surface area contributed by atoms with Gasteiger partial charge in [0.25, 0.3) is 0 Å². The minimum Gasteiger partial charge on any atom is -0.382 e. The smallest absolute Gasteiger partial charge is 0.249 e. The van der Waals surface area contributed by atoms with Gasteiger partial charge in [0.1, 0.15) is 11.8 Å². The highest BCUT2D eigenvalue weighted by Crippen LogP contribution is 2.37. The van der Waals surface area contributed by atoms with Crippen LogP contribution in [0, 0.1) is 0 Å². The number of hydrogen-bond acceptors (Lipinski definition) is 7. The van der Waals surface area contributed by atoms with Crippen molar-refractivity contribution < 1.29 is 9.53 Å². The lowest BCUT2D eigenvalue weighted by atomic mass is 9.99. The van der Waals surface area contributed by atoms with Crippen LogP contribution in [0.25, 0.3) is 39.2 Å². The van der Waals surface area contributed by atoms with Crippen molar-refractivity contribution in [1.82, 2.24) is 29.4 Å². The first-order chi connectivity index (χ1) is 17.6. The quantitative estimate of drug-likeness (QED) is 0.393. The second kappa shape index (κ2) is 8.90. The van der Waals surface area contributed by atoms with E-state index in [1.807, 2.05) is 35.0 Å². The summed E-state index contributed by atoms with van der Waals surface area (Å²) in [6.07, 6.45) is 8.50. The third-order valence-corrected chi connectivity index (χ3v) is 6.60. The molecule has 1 aliphatic heterocycles. The predicted octanol–water partition coefficient (Wildman–Crippen LogP) is 3.35. The van der Waals surface area contributed by atoms with Gasteiger partial charge >= 0.3 is 0 Å². The monoisotopic (exact) mass is 480 g/mol. The van der Waals surface area contributed by atoms with Crippen LogP contribution in [0.5, 0.6) is 0 Å². The largest absolute Gasteiger partial charge is 0.382 e. The zero-order chi connectivity index (χ0) is 24.6. The highest BCUT2D eigenvalue weighted by molar-refractivity contribution is 6.00. The van der Waals surface area contributed by atoms with Crippen LogP contribution in [0.2, 0.25) is 0 Å². The molecule has 1 saturated heterocycles. The van der Waals surface area contributed by atoms with Gasteiger partial charge in [-0.2, -0.15) is 10.2 Å². The molecule has 1 fully saturated rings. The first-order valence-corrected chi connectivity index (χ1v) is 11.7. The minimum atomic E-state index is -0.492. The van der Waals surface area contributed by atoms with Gasteiger partial charge in [0.15, 0.2) is 5.82 Å². The number of carbonyl (C=O) groups is 1. The Labute approximate surface area is 206 Å². The molecule has 1 aromatic carbocycles. The number of amides is 1. The molecule has 0 aliphatic carbocycles. The molecule has 10 nitrogen and oxygen atoms in total. The molecule has 5 aromatic rings. The normalized spacial score (nSPS) is 14.3. The number of fused-ring (bicyclic) bond motifs is 1. The molecule has 0 radical (unpaired) electrons. The fourth-order valence-corrected chi connectivity index (χ4v) is 4.89. The molecule has 0 saturated carbocycles. The van der Waals surface area contributed by atoms with Gasteiger partial charge in [-0.1, -0.05) is 18.2 Å². The molecule has 6 rings (SSSR count). The number of hydrogen-bond donors (Lipinski definition) is 2. The van der Waals surface area contributed by atoms with Gasteiger partial charge in [0.2, 0.25) is 5.91 Å².